The Balaban J connectivity index is 1.96. The minimum atomic E-state index is -0.581. The second-order valence-electron chi connectivity index (χ2n) is 7.76. The second kappa shape index (κ2) is 10.5. The van der Waals surface area contributed by atoms with Gasteiger partial charge in [0.05, 0.1) is 5.69 Å². The van der Waals surface area contributed by atoms with Gasteiger partial charge in [-0.15, -0.1) is 0 Å². The summed E-state index contributed by atoms with van der Waals surface area (Å²) in [6.07, 6.45) is 10.0. The quantitative estimate of drug-likeness (QED) is 0.384. The van der Waals surface area contributed by atoms with Crippen LogP contribution in [0.15, 0.2) is 109 Å². The summed E-state index contributed by atoms with van der Waals surface area (Å²) >= 11 is 0. The monoisotopic (exact) mass is 453 g/mol. The third-order valence-electron chi connectivity index (χ3n) is 5.54. The molecule has 0 aromatic carbocycles. The number of nitrogens with one attached hydrogen (secondary N) is 1. The molecule has 0 unspecified atom stereocenters. The van der Waals surface area contributed by atoms with Crippen molar-refractivity contribution in [3.8, 4) is 11.3 Å². The lowest BCUT2D eigenvalue weighted by Gasteiger charge is -2.20. The maximum atomic E-state index is 15.8. The maximum absolute atomic E-state index is 15.8. The molecule has 172 valence electrons. The lowest BCUT2D eigenvalue weighted by molar-refractivity contribution is 0.665. The van der Waals surface area contributed by atoms with Gasteiger partial charge in [0.1, 0.15) is 5.83 Å². The van der Waals surface area contributed by atoms with Crippen molar-refractivity contribution in [2.45, 2.75) is 20.8 Å². The van der Waals surface area contributed by atoms with Gasteiger partial charge in [-0.3, -0.25) is 15.0 Å². The highest BCUT2D eigenvalue weighted by molar-refractivity contribution is 5.81. The Morgan fingerprint density at radius 3 is 2.41 bits per heavy atom. The van der Waals surface area contributed by atoms with Crippen molar-refractivity contribution in [3.05, 3.63) is 126 Å². The summed E-state index contributed by atoms with van der Waals surface area (Å²) in [6, 6.07) is 7.42. The smallest absolute Gasteiger partial charge is 0.140 e. The fourth-order valence-corrected chi connectivity index (χ4v) is 3.48. The van der Waals surface area contributed by atoms with E-state index in [1.54, 1.807) is 50.1 Å². The van der Waals surface area contributed by atoms with Gasteiger partial charge >= 0.3 is 0 Å². The molecule has 0 aliphatic rings. The number of nitrogens with zero attached hydrogens (tertiary/aromatic N) is 3. The van der Waals surface area contributed by atoms with Gasteiger partial charge in [-0.25, -0.2) is 4.39 Å². The summed E-state index contributed by atoms with van der Waals surface area (Å²) < 4.78 is 15.8. The zero-order valence-electron chi connectivity index (χ0n) is 19.7. The van der Waals surface area contributed by atoms with E-state index in [2.05, 4.69) is 40.0 Å². The predicted molar refractivity (Wildman–Crippen MR) is 138 cm³/mol. The molecule has 0 bridgehead atoms. The number of hydrogen-bond donors (Lipinski definition) is 2. The van der Waals surface area contributed by atoms with Gasteiger partial charge in [-0.2, -0.15) is 0 Å². The van der Waals surface area contributed by atoms with E-state index in [9.17, 15) is 0 Å². The van der Waals surface area contributed by atoms with E-state index < -0.39 is 5.83 Å². The van der Waals surface area contributed by atoms with Crippen LogP contribution in [-0.4, -0.2) is 15.0 Å². The van der Waals surface area contributed by atoms with E-state index in [0.717, 1.165) is 28.1 Å². The summed E-state index contributed by atoms with van der Waals surface area (Å²) in [5, 5.41) is 3.24. The van der Waals surface area contributed by atoms with Crippen LogP contribution in [0, 0.1) is 13.8 Å². The first kappa shape index (κ1) is 24.3. The van der Waals surface area contributed by atoms with Crippen molar-refractivity contribution < 1.29 is 4.39 Å². The molecule has 0 fully saturated rings. The van der Waals surface area contributed by atoms with Crippen LogP contribution < -0.4 is 11.1 Å². The molecule has 3 heterocycles. The summed E-state index contributed by atoms with van der Waals surface area (Å²) in [5.41, 5.74) is 12.2. The number of halogens is 1. The van der Waals surface area contributed by atoms with Crippen LogP contribution in [0.4, 0.5) is 10.1 Å². The molecule has 0 radical (unpaired) electrons. The molecule has 5 nitrogen and oxygen atoms in total. The summed E-state index contributed by atoms with van der Waals surface area (Å²) in [7, 11) is 0. The molecule has 3 aromatic rings. The van der Waals surface area contributed by atoms with Gasteiger partial charge in [-0.1, -0.05) is 25.8 Å². The van der Waals surface area contributed by atoms with Crippen LogP contribution in [0.1, 0.15) is 23.6 Å². The molecule has 0 aliphatic carbocycles. The molecular formula is C28H28FN5. The molecule has 0 amide bonds. The molecule has 3 N–H and O–H groups in total. The topological polar surface area (TPSA) is 76.7 Å². The van der Waals surface area contributed by atoms with E-state index in [0.29, 0.717) is 16.8 Å². The Bertz CT molecular complexity index is 1320. The van der Waals surface area contributed by atoms with Crippen LogP contribution in [-0.2, 0) is 0 Å². The van der Waals surface area contributed by atoms with Crippen molar-refractivity contribution >= 4 is 11.3 Å². The third-order valence-corrected chi connectivity index (χ3v) is 5.54. The molecule has 6 heteroatoms. The van der Waals surface area contributed by atoms with Crippen LogP contribution >= 0.6 is 0 Å². The van der Waals surface area contributed by atoms with Crippen molar-refractivity contribution in [1.29, 1.82) is 0 Å². The Hall–Kier alpha value is -4.32. The maximum Gasteiger partial charge on any atom is 0.140 e. The second-order valence-corrected chi connectivity index (χ2v) is 7.76. The molecule has 0 spiro atoms. The number of nitrogens with two attached hydrogens (primary N) is 1. The predicted octanol–water partition coefficient (Wildman–Crippen LogP) is 6.44. The van der Waals surface area contributed by atoms with Crippen LogP contribution in [0.3, 0.4) is 0 Å². The van der Waals surface area contributed by atoms with Gasteiger partial charge in [0.2, 0.25) is 0 Å². The number of rotatable bonds is 8. The number of aryl methyl sites for hydroxylation is 1. The molecule has 0 saturated carbocycles. The molecule has 34 heavy (non-hydrogen) atoms. The molecule has 3 rings (SSSR count). The fourth-order valence-electron chi connectivity index (χ4n) is 3.48. The number of aromatic nitrogens is 3. The number of anilines is 1. The largest absolute Gasteiger partial charge is 0.398 e. The Kier molecular flexibility index (Phi) is 7.53. The summed E-state index contributed by atoms with van der Waals surface area (Å²) in [5.74, 6) is -0.581. The molecule has 3 aromatic heterocycles. The minimum absolute atomic E-state index is 0.132. The van der Waals surface area contributed by atoms with Gasteiger partial charge in [0.15, 0.2) is 0 Å². The van der Waals surface area contributed by atoms with Crippen LogP contribution in [0.2, 0.25) is 0 Å². The molecule has 0 saturated heterocycles. The average molecular weight is 454 g/mol. The summed E-state index contributed by atoms with van der Waals surface area (Å²) in [6.45, 7) is 17.7. The van der Waals surface area contributed by atoms with Gasteiger partial charge in [0, 0.05) is 75.9 Å². The molecule has 0 aliphatic heterocycles. The van der Waals surface area contributed by atoms with Crippen LogP contribution in [0.5, 0.6) is 0 Å². The lowest BCUT2D eigenvalue weighted by Crippen LogP contribution is -2.11. The zero-order chi connectivity index (χ0) is 24.8. The first-order valence-electron chi connectivity index (χ1n) is 10.7. The summed E-state index contributed by atoms with van der Waals surface area (Å²) in [4.78, 5) is 12.7. The minimum Gasteiger partial charge on any atom is -0.398 e. The van der Waals surface area contributed by atoms with Crippen molar-refractivity contribution in [2.75, 3.05) is 5.32 Å². The van der Waals surface area contributed by atoms with E-state index in [-0.39, 0.29) is 16.8 Å². The normalized spacial score (nSPS) is 12.1. The highest BCUT2D eigenvalue weighted by Gasteiger charge is 2.20. The first-order chi connectivity index (χ1) is 16.3. The Labute approximate surface area is 200 Å². The van der Waals surface area contributed by atoms with Crippen molar-refractivity contribution in [3.63, 3.8) is 0 Å². The number of allylic oxidation sites excluding steroid dienone is 5. The van der Waals surface area contributed by atoms with Crippen molar-refractivity contribution in [2.24, 2.45) is 5.73 Å². The fraction of sp³-hybridized carbons (Fsp3) is 0.107. The highest BCUT2D eigenvalue weighted by Crippen LogP contribution is 2.35. The standard InChI is InChI=1S/C28H28FN5/c1-7-24(30)26(27(29)19(4)23-16-32-13-10-17(23)2)18(3)21(6)34-25-11-14-33-28(20(25)5)22-9-8-12-31-15-22/h7-16H,3-4,6,30H2,1-2,5H3,(H,33,34)/b24-7+,27-26+. The highest BCUT2D eigenvalue weighted by atomic mass is 19.1. The zero-order valence-corrected chi connectivity index (χ0v) is 19.7. The van der Waals surface area contributed by atoms with E-state index in [1.165, 1.54) is 0 Å². The lowest BCUT2D eigenvalue weighted by atomic mass is 9.94. The SMILES string of the molecule is C=C(Nc1ccnc(-c2cccnc2)c1C)C(=C)C(/C(N)=C\C)=C(\F)C(=C)c1cnccc1C. The number of hydrogen-bond acceptors (Lipinski definition) is 5. The average Bonchev–Trinajstić information content (AvgIpc) is 2.85. The van der Waals surface area contributed by atoms with E-state index in [4.69, 9.17) is 5.73 Å². The van der Waals surface area contributed by atoms with Gasteiger partial charge < -0.3 is 11.1 Å². The van der Waals surface area contributed by atoms with Crippen LogP contribution in [0.25, 0.3) is 16.8 Å². The molecule has 0 atom stereocenters. The van der Waals surface area contributed by atoms with Crippen molar-refractivity contribution in [1.82, 2.24) is 15.0 Å². The van der Waals surface area contributed by atoms with E-state index in [1.807, 2.05) is 32.0 Å². The van der Waals surface area contributed by atoms with E-state index >= 15 is 4.39 Å². The molecular weight excluding hydrogens is 425 g/mol. The third kappa shape index (κ3) is 5.02. The van der Waals surface area contributed by atoms with Gasteiger partial charge in [0.25, 0.3) is 0 Å². The number of pyridine rings is 3. The first-order valence-corrected chi connectivity index (χ1v) is 10.7. The Morgan fingerprint density at radius 1 is 1.03 bits per heavy atom. The Morgan fingerprint density at radius 2 is 1.76 bits per heavy atom. The van der Waals surface area contributed by atoms with Gasteiger partial charge in [-0.05, 0) is 56.2 Å².